The van der Waals surface area contributed by atoms with Gasteiger partial charge in [-0.15, -0.1) is 22.7 Å². The second-order valence-corrected chi connectivity index (χ2v) is 11.1. The summed E-state index contributed by atoms with van der Waals surface area (Å²) in [7, 11) is 0. The van der Waals surface area contributed by atoms with Crippen molar-refractivity contribution in [3.8, 4) is 10.7 Å². The Balaban J connectivity index is 1.22. The molecule has 10 heteroatoms. The SMILES string of the molecule is CC(=O)c1ccc(C(=O)N2CCC3(CC2)CCN(C(=O)c2sc(-c4cnccn4)nc2C)C3)s1. The summed E-state index contributed by atoms with van der Waals surface area (Å²) in [6.07, 6.45) is 7.59. The van der Waals surface area contributed by atoms with Crippen molar-refractivity contribution in [2.24, 2.45) is 5.41 Å². The van der Waals surface area contributed by atoms with Gasteiger partial charge >= 0.3 is 0 Å². The van der Waals surface area contributed by atoms with E-state index in [1.807, 2.05) is 16.7 Å². The van der Waals surface area contributed by atoms with E-state index in [1.54, 1.807) is 30.7 Å². The maximum absolute atomic E-state index is 13.3. The fraction of sp³-hybridized carbons (Fsp3) is 0.417. The van der Waals surface area contributed by atoms with Crippen LogP contribution in [-0.2, 0) is 0 Å². The molecule has 2 saturated heterocycles. The molecule has 0 saturated carbocycles. The molecule has 8 nitrogen and oxygen atoms in total. The lowest BCUT2D eigenvalue weighted by molar-refractivity contribution is 0.0570. The average molecular weight is 496 g/mol. The number of nitrogens with zero attached hydrogens (tertiary/aromatic N) is 5. The number of thiazole rings is 1. The van der Waals surface area contributed by atoms with Gasteiger partial charge in [0.25, 0.3) is 11.8 Å². The summed E-state index contributed by atoms with van der Waals surface area (Å²) in [6, 6.07) is 3.47. The lowest BCUT2D eigenvalue weighted by Gasteiger charge is -2.39. The summed E-state index contributed by atoms with van der Waals surface area (Å²) in [6.45, 7) is 6.15. The van der Waals surface area contributed by atoms with Crippen molar-refractivity contribution in [3.05, 3.63) is 51.0 Å². The minimum Gasteiger partial charge on any atom is -0.338 e. The predicted molar refractivity (Wildman–Crippen MR) is 130 cm³/mol. The van der Waals surface area contributed by atoms with Crippen molar-refractivity contribution in [1.82, 2.24) is 24.8 Å². The second-order valence-electron chi connectivity index (χ2n) is 9.01. The van der Waals surface area contributed by atoms with Crippen molar-refractivity contribution in [1.29, 1.82) is 0 Å². The zero-order chi connectivity index (χ0) is 23.9. The van der Waals surface area contributed by atoms with Gasteiger partial charge in [0.15, 0.2) is 5.78 Å². The minimum absolute atomic E-state index is 0.00453. The van der Waals surface area contributed by atoms with Gasteiger partial charge in [-0.05, 0) is 50.7 Å². The molecule has 0 bridgehead atoms. The molecule has 2 aliphatic heterocycles. The average Bonchev–Trinajstić information content (AvgIpc) is 3.58. The Morgan fingerprint density at radius 2 is 1.65 bits per heavy atom. The Labute approximate surface area is 205 Å². The van der Waals surface area contributed by atoms with Gasteiger partial charge in [0.1, 0.15) is 15.6 Å². The number of amides is 2. The Hall–Kier alpha value is -2.98. The molecule has 5 heterocycles. The number of hydrogen-bond donors (Lipinski definition) is 0. The summed E-state index contributed by atoms with van der Waals surface area (Å²) < 4.78 is 0. The normalized spacial score (nSPS) is 17.4. The van der Waals surface area contributed by atoms with Crippen molar-refractivity contribution in [3.63, 3.8) is 0 Å². The van der Waals surface area contributed by atoms with E-state index in [0.29, 0.717) is 45.0 Å². The quantitative estimate of drug-likeness (QED) is 0.509. The third-order valence-corrected chi connectivity index (χ3v) is 9.12. The zero-order valence-corrected chi connectivity index (χ0v) is 20.7. The number of carbonyl (C=O) groups excluding carboxylic acids is 3. The third kappa shape index (κ3) is 4.27. The van der Waals surface area contributed by atoms with E-state index >= 15 is 0 Å². The molecular formula is C24H25N5O3S2. The summed E-state index contributed by atoms with van der Waals surface area (Å²) in [5, 5.41) is 0.705. The van der Waals surface area contributed by atoms with Gasteiger partial charge < -0.3 is 9.80 Å². The van der Waals surface area contributed by atoms with Crippen LogP contribution in [0, 0.1) is 12.3 Å². The first-order valence-corrected chi connectivity index (χ1v) is 12.9. The van der Waals surface area contributed by atoms with Crippen molar-refractivity contribution < 1.29 is 14.4 Å². The molecule has 176 valence electrons. The fourth-order valence-electron chi connectivity index (χ4n) is 4.76. The van der Waals surface area contributed by atoms with Crippen LogP contribution in [0.5, 0.6) is 0 Å². The van der Waals surface area contributed by atoms with Crippen LogP contribution in [0.15, 0.2) is 30.7 Å². The molecule has 2 fully saturated rings. The van der Waals surface area contributed by atoms with E-state index in [1.165, 1.54) is 29.6 Å². The highest BCUT2D eigenvalue weighted by Crippen LogP contribution is 2.42. The van der Waals surface area contributed by atoms with Crippen molar-refractivity contribution >= 4 is 40.3 Å². The van der Waals surface area contributed by atoms with E-state index in [9.17, 15) is 14.4 Å². The first-order chi connectivity index (χ1) is 16.3. The number of piperidine rings is 1. The minimum atomic E-state index is -0.0163. The van der Waals surface area contributed by atoms with Crippen LogP contribution in [0.25, 0.3) is 10.7 Å². The highest BCUT2D eigenvalue weighted by atomic mass is 32.1. The first kappa shape index (κ1) is 22.8. The van der Waals surface area contributed by atoms with E-state index < -0.39 is 0 Å². The number of hydrogen-bond acceptors (Lipinski definition) is 8. The van der Waals surface area contributed by atoms with Gasteiger partial charge in [0, 0.05) is 38.6 Å². The monoisotopic (exact) mass is 495 g/mol. The molecule has 34 heavy (non-hydrogen) atoms. The zero-order valence-electron chi connectivity index (χ0n) is 19.1. The molecule has 2 amide bonds. The summed E-state index contributed by atoms with van der Waals surface area (Å²) >= 11 is 2.63. The number of Topliss-reactive ketones (excluding diaryl/α,β-unsaturated/α-hetero) is 1. The highest BCUT2D eigenvalue weighted by molar-refractivity contribution is 7.17. The summed E-state index contributed by atoms with van der Waals surface area (Å²) in [5.41, 5.74) is 1.45. The van der Waals surface area contributed by atoms with E-state index in [-0.39, 0.29) is 23.0 Å². The Morgan fingerprint density at radius 3 is 2.29 bits per heavy atom. The van der Waals surface area contributed by atoms with Gasteiger partial charge in [-0.1, -0.05) is 0 Å². The second kappa shape index (κ2) is 8.99. The predicted octanol–water partition coefficient (Wildman–Crippen LogP) is 3.94. The van der Waals surface area contributed by atoms with Crippen LogP contribution in [0.1, 0.15) is 60.9 Å². The van der Waals surface area contributed by atoms with Gasteiger partial charge in [0.05, 0.1) is 21.6 Å². The van der Waals surface area contributed by atoms with Gasteiger partial charge in [-0.25, -0.2) is 4.98 Å². The van der Waals surface area contributed by atoms with Crippen LogP contribution in [0.2, 0.25) is 0 Å². The smallest absolute Gasteiger partial charge is 0.265 e. The molecule has 3 aromatic heterocycles. The van der Waals surface area contributed by atoms with Crippen LogP contribution in [-0.4, -0.2) is 68.5 Å². The number of thiophene rings is 1. The lowest BCUT2D eigenvalue weighted by Crippen LogP contribution is -2.44. The lowest BCUT2D eigenvalue weighted by atomic mass is 9.77. The maximum atomic E-state index is 13.3. The van der Waals surface area contributed by atoms with Crippen molar-refractivity contribution in [2.45, 2.75) is 33.1 Å². The maximum Gasteiger partial charge on any atom is 0.265 e. The van der Waals surface area contributed by atoms with Crippen LogP contribution in [0.4, 0.5) is 0 Å². The number of likely N-dealkylation sites (tertiary alicyclic amines) is 2. The number of aromatic nitrogens is 3. The molecule has 0 aliphatic carbocycles. The highest BCUT2D eigenvalue weighted by Gasteiger charge is 2.43. The largest absolute Gasteiger partial charge is 0.338 e. The Kier molecular flexibility index (Phi) is 6.03. The Morgan fingerprint density at radius 1 is 0.941 bits per heavy atom. The van der Waals surface area contributed by atoms with E-state index in [0.717, 1.165) is 31.5 Å². The van der Waals surface area contributed by atoms with E-state index in [4.69, 9.17) is 0 Å². The number of carbonyl (C=O) groups is 3. The first-order valence-electron chi connectivity index (χ1n) is 11.3. The molecule has 3 aromatic rings. The number of aryl methyl sites for hydroxylation is 1. The fourth-order valence-corrected chi connectivity index (χ4v) is 6.62. The molecule has 0 radical (unpaired) electrons. The summed E-state index contributed by atoms with van der Waals surface area (Å²) in [4.78, 5) is 56.4. The molecule has 0 unspecified atom stereocenters. The van der Waals surface area contributed by atoms with Crippen molar-refractivity contribution in [2.75, 3.05) is 26.2 Å². The molecule has 0 atom stereocenters. The van der Waals surface area contributed by atoms with Gasteiger partial charge in [-0.2, -0.15) is 0 Å². The van der Waals surface area contributed by atoms with Crippen LogP contribution >= 0.6 is 22.7 Å². The topological polar surface area (TPSA) is 96.4 Å². The molecular weight excluding hydrogens is 470 g/mol. The Bertz CT molecular complexity index is 1240. The molecule has 2 aliphatic rings. The van der Waals surface area contributed by atoms with E-state index in [2.05, 4.69) is 15.0 Å². The van der Waals surface area contributed by atoms with Gasteiger partial charge in [0.2, 0.25) is 0 Å². The van der Waals surface area contributed by atoms with Crippen LogP contribution in [0.3, 0.4) is 0 Å². The molecule has 5 rings (SSSR count). The number of rotatable bonds is 4. The summed E-state index contributed by atoms with van der Waals surface area (Å²) in [5.74, 6) is 0.00308. The molecule has 0 aromatic carbocycles. The number of ketones is 1. The molecule has 1 spiro atoms. The molecule has 0 N–H and O–H groups in total. The third-order valence-electron chi connectivity index (χ3n) is 6.77. The standard InChI is InChI=1S/C24H25N5O3S2/c1-15-20(34-21(27-15)17-13-25-8-9-26-17)23(32)29-12-7-24(14-29)5-10-28(11-6-24)22(31)19-4-3-18(33-19)16(2)30/h3-4,8-9,13H,5-7,10-12,14H2,1-2H3. The van der Waals surface area contributed by atoms with Gasteiger partial charge in [-0.3, -0.25) is 24.4 Å². The van der Waals surface area contributed by atoms with Crippen LogP contribution < -0.4 is 0 Å².